The average molecular weight is 350 g/mol. The summed E-state index contributed by atoms with van der Waals surface area (Å²) >= 11 is 0. The molecule has 0 saturated heterocycles. The van der Waals surface area contributed by atoms with Crippen molar-refractivity contribution in [2.24, 2.45) is 5.73 Å². The molecule has 1 atom stereocenters. The predicted octanol–water partition coefficient (Wildman–Crippen LogP) is 4.20. The fourth-order valence-corrected chi connectivity index (χ4v) is 2.94. The van der Waals surface area contributed by atoms with Crippen LogP contribution in [0.25, 0.3) is 0 Å². The minimum Gasteiger partial charge on any atom is -0.478 e. The third-order valence-electron chi connectivity index (χ3n) is 4.50. The van der Waals surface area contributed by atoms with Crippen LogP contribution in [-0.4, -0.2) is 17.2 Å². The van der Waals surface area contributed by atoms with Gasteiger partial charge in [0.2, 0.25) is 0 Å². The molecule has 1 heterocycles. The number of benzene rings is 2. The first-order chi connectivity index (χ1) is 12.4. The van der Waals surface area contributed by atoms with Crippen LogP contribution in [0.4, 0.5) is 5.69 Å². The largest absolute Gasteiger partial charge is 0.478 e. The molecule has 1 unspecified atom stereocenters. The molecule has 2 aromatic rings. The van der Waals surface area contributed by atoms with Crippen molar-refractivity contribution < 1.29 is 14.6 Å². The van der Waals surface area contributed by atoms with Gasteiger partial charge in [0.05, 0.1) is 5.57 Å². The molecule has 0 amide bonds. The number of carboxylic acid groups (broad SMARTS) is 1. The minimum atomic E-state index is -1.01. The highest BCUT2D eigenvalue weighted by Gasteiger charge is 2.29. The van der Waals surface area contributed by atoms with E-state index in [0.717, 1.165) is 28.3 Å². The van der Waals surface area contributed by atoms with Crippen molar-refractivity contribution in [3.05, 3.63) is 77.0 Å². The van der Waals surface area contributed by atoms with Crippen LogP contribution in [0.5, 0.6) is 11.5 Å². The Labute approximate surface area is 153 Å². The van der Waals surface area contributed by atoms with E-state index in [1.54, 1.807) is 6.08 Å². The van der Waals surface area contributed by atoms with Gasteiger partial charge in [0, 0.05) is 17.5 Å². The molecule has 0 radical (unpaired) electrons. The fraction of sp³-hybridized carbons (Fsp3) is 0.190. The molecule has 5 nitrogen and oxygen atoms in total. The van der Waals surface area contributed by atoms with Crippen molar-refractivity contribution in [1.82, 2.24) is 0 Å². The van der Waals surface area contributed by atoms with Crippen LogP contribution < -0.4 is 15.4 Å². The third-order valence-corrected chi connectivity index (χ3v) is 4.50. The second-order valence-corrected chi connectivity index (χ2v) is 6.40. The Morgan fingerprint density at radius 1 is 1.08 bits per heavy atom. The molecular weight excluding hydrogens is 328 g/mol. The maximum atomic E-state index is 11.5. The molecule has 0 aliphatic carbocycles. The minimum absolute atomic E-state index is 0.165. The van der Waals surface area contributed by atoms with E-state index >= 15 is 0 Å². The molecule has 1 aliphatic heterocycles. The molecular formula is C21H22N2O3. The Bertz CT molecular complexity index is 898. The number of rotatable bonds is 4. The van der Waals surface area contributed by atoms with Gasteiger partial charge in [-0.1, -0.05) is 23.8 Å². The van der Waals surface area contributed by atoms with Crippen molar-refractivity contribution >= 4 is 11.7 Å². The lowest BCUT2D eigenvalue weighted by Crippen LogP contribution is -2.46. The van der Waals surface area contributed by atoms with E-state index < -0.39 is 12.1 Å². The van der Waals surface area contributed by atoms with Gasteiger partial charge in [0.25, 0.3) is 0 Å². The van der Waals surface area contributed by atoms with Gasteiger partial charge < -0.3 is 20.5 Å². The summed E-state index contributed by atoms with van der Waals surface area (Å²) in [6, 6.07) is 15.3. The number of aliphatic carboxylic acids is 1. The van der Waals surface area contributed by atoms with Crippen LogP contribution in [0.1, 0.15) is 19.4 Å². The molecule has 0 spiro atoms. The van der Waals surface area contributed by atoms with Gasteiger partial charge in [-0.2, -0.15) is 0 Å². The van der Waals surface area contributed by atoms with Gasteiger partial charge in [0.1, 0.15) is 17.7 Å². The maximum absolute atomic E-state index is 11.5. The molecule has 0 bridgehead atoms. The Balaban J connectivity index is 1.93. The van der Waals surface area contributed by atoms with Gasteiger partial charge in [-0.05, 0) is 56.7 Å². The summed E-state index contributed by atoms with van der Waals surface area (Å²) in [4.78, 5) is 13.3. The zero-order valence-electron chi connectivity index (χ0n) is 15.1. The summed E-state index contributed by atoms with van der Waals surface area (Å²) in [6.07, 6.45) is 0.872. The highest BCUT2D eigenvalue weighted by atomic mass is 16.5. The summed E-state index contributed by atoms with van der Waals surface area (Å²) in [5.74, 6) is 0.391. The molecule has 2 aromatic carbocycles. The SMILES string of the molecule is CC1=C(C)N(c2cccc(Oc3ccc(C)cc3)c2)C(N)C(C(=O)O)=C1. The highest BCUT2D eigenvalue weighted by Crippen LogP contribution is 2.33. The molecule has 134 valence electrons. The lowest BCUT2D eigenvalue weighted by atomic mass is 10.0. The molecule has 26 heavy (non-hydrogen) atoms. The second-order valence-electron chi connectivity index (χ2n) is 6.40. The number of anilines is 1. The highest BCUT2D eigenvalue weighted by molar-refractivity contribution is 5.90. The Morgan fingerprint density at radius 3 is 2.42 bits per heavy atom. The van der Waals surface area contributed by atoms with Crippen molar-refractivity contribution in [3.8, 4) is 11.5 Å². The molecule has 0 aromatic heterocycles. The van der Waals surface area contributed by atoms with Crippen LogP contribution >= 0.6 is 0 Å². The monoisotopic (exact) mass is 350 g/mol. The lowest BCUT2D eigenvalue weighted by Gasteiger charge is -2.36. The number of hydrogen-bond donors (Lipinski definition) is 2. The summed E-state index contributed by atoms with van der Waals surface area (Å²) in [7, 11) is 0. The lowest BCUT2D eigenvalue weighted by molar-refractivity contribution is -0.132. The zero-order chi connectivity index (χ0) is 18.8. The molecule has 3 N–H and O–H groups in total. The molecule has 3 rings (SSSR count). The normalized spacial score (nSPS) is 17.2. The number of ether oxygens (including phenoxy) is 1. The first kappa shape index (κ1) is 17.8. The van der Waals surface area contributed by atoms with Crippen molar-refractivity contribution in [2.45, 2.75) is 26.9 Å². The van der Waals surface area contributed by atoms with Gasteiger partial charge in [-0.15, -0.1) is 0 Å². The number of allylic oxidation sites excluding steroid dienone is 3. The average Bonchev–Trinajstić information content (AvgIpc) is 2.60. The van der Waals surface area contributed by atoms with Crippen LogP contribution in [-0.2, 0) is 4.79 Å². The maximum Gasteiger partial charge on any atom is 0.335 e. The predicted molar refractivity (Wildman–Crippen MR) is 102 cm³/mol. The number of aryl methyl sites for hydroxylation is 1. The Kier molecular flexibility index (Phi) is 4.82. The van der Waals surface area contributed by atoms with Gasteiger partial charge in [-0.3, -0.25) is 0 Å². The third kappa shape index (κ3) is 3.48. The summed E-state index contributed by atoms with van der Waals surface area (Å²) in [5, 5.41) is 9.43. The number of nitrogens with zero attached hydrogens (tertiary/aromatic N) is 1. The first-order valence-electron chi connectivity index (χ1n) is 8.38. The fourth-order valence-electron chi connectivity index (χ4n) is 2.94. The van der Waals surface area contributed by atoms with E-state index in [1.807, 2.05) is 74.2 Å². The van der Waals surface area contributed by atoms with Crippen LogP contribution in [0.2, 0.25) is 0 Å². The zero-order valence-corrected chi connectivity index (χ0v) is 15.1. The Morgan fingerprint density at radius 2 is 1.77 bits per heavy atom. The van der Waals surface area contributed by atoms with E-state index in [-0.39, 0.29) is 5.57 Å². The number of nitrogens with two attached hydrogens (primary N) is 1. The van der Waals surface area contributed by atoms with Gasteiger partial charge in [0.15, 0.2) is 0 Å². The Hall–Kier alpha value is -3.05. The van der Waals surface area contributed by atoms with E-state index in [0.29, 0.717) is 5.75 Å². The summed E-state index contributed by atoms with van der Waals surface area (Å²) in [5.41, 5.74) is 10.1. The second kappa shape index (κ2) is 7.06. The molecule has 0 fully saturated rings. The van der Waals surface area contributed by atoms with Crippen LogP contribution in [0, 0.1) is 6.92 Å². The van der Waals surface area contributed by atoms with E-state index in [1.165, 1.54) is 0 Å². The molecule has 1 aliphatic rings. The smallest absolute Gasteiger partial charge is 0.335 e. The number of carbonyl (C=O) groups is 1. The van der Waals surface area contributed by atoms with Crippen molar-refractivity contribution in [3.63, 3.8) is 0 Å². The van der Waals surface area contributed by atoms with Crippen LogP contribution in [0.3, 0.4) is 0 Å². The standard InChI is InChI=1S/C21H22N2O3/c1-13-7-9-17(10-8-13)26-18-6-4-5-16(12-18)23-15(3)14(2)11-19(20(23)22)21(24)25/h4-12,20H,22H2,1-3H3,(H,24,25). The molecule has 5 heteroatoms. The van der Waals surface area contributed by atoms with Gasteiger partial charge in [-0.25, -0.2) is 4.79 Å². The quantitative estimate of drug-likeness (QED) is 0.864. The summed E-state index contributed by atoms with van der Waals surface area (Å²) in [6.45, 7) is 5.83. The van der Waals surface area contributed by atoms with Crippen molar-refractivity contribution in [1.29, 1.82) is 0 Å². The van der Waals surface area contributed by atoms with Crippen LogP contribution in [0.15, 0.2) is 71.5 Å². The van der Waals surface area contributed by atoms with E-state index in [9.17, 15) is 9.90 Å². The van der Waals surface area contributed by atoms with Crippen molar-refractivity contribution in [2.75, 3.05) is 4.90 Å². The number of hydrogen-bond acceptors (Lipinski definition) is 4. The topological polar surface area (TPSA) is 75.8 Å². The number of carboxylic acids is 1. The van der Waals surface area contributed by atoms with E-state index in [2.05, 4.69) is 0 Å². The first-order valence-corrected chi connectivity index (χ1v) is 8.38. The van der Waals surface area contributed by atoms with E-state index in [4.69, 9.17) is 10.5 Å². The summed E-state index contributed by atoms with van der Waals surface area (Å²) < 4.78 is 5.92. The molecule has 0 saturated carbocycles. The van der Waals surface area contributed by atoms with Gasteiger partial charge >= 0.3 is 5.97 Å².